The zero-order valence-electron chi connectivity index (χ0n) is 19.3. The third-order valence-electron chi connectivity index (χ3n) is 4.57. The number of carbonyl (C=O) groups is 3. The van der Waals surface area contributed by atoms with E-state index in [1.54, 1.807) is 20.8 Å². The van der Waals surface area contributed by atoms with E-state index in [2.05, 4.69) is 5.32 Å². The van der Waals surface area contributed by atoms with Gasteiger partial charge in [0.05, 0.1) is 6.42 Å². The second kappa shape index (κ2) is 12.6. The Hall–Kier alpha value is -1.99. The molecule has 30 heavy (non-hydrogen) atoms. The van der Waals surface area contributed by atoms with Crippen LogP contribution in [0, 0.1) is 11.8 Å². The van der Waals surface area contributed by atoms with Crippen LogP contribution in [0.1, 0.15) is 86.5 Å². The Morgan fingerprint density at radius 1 is 1.00 bits per heavy atom. The average molecular weight is 430 g/mol. The molecule has 1 saturated carbocycles. The van der Waals surface area contributed by atoms with Crippen molar-refractivity contribution in [3.8, 4) is 0 Å². The number of nitrogens with one attached hydrogen (secondary N) is 1. The van der Waals surface area contributed by atoms with Gasteiger partial charge in [0.1, 0.15) is 11.7 Å². The largest absolute Gasteiger partial charge is 0.511 e. The minimum Gasteiger partial charge on any atom is -0.444 e. The fraction of sp³-hybridized carbons (Fsp3) is 0.864. The van der Waals surface area contributed by atoms with Gasteiger partial charge in [-0.05, 0) is 64.7 Å². The lowest BCUT2D eigenvalue weighted by Gasteiger charge is -2.24. The molecule has 0 saturated heterocycles. The molecule has 8 heteroatoms. The van der Waals surface area contributed by atoms with E-state index in [0.717, 1.165) is 38.5 Å². The first-order chi connectivity index (χ1) is 13.9. The summed E-state index contributed by atoms with van der Waals surface area (Å²) in [5.41, 5.74) is -0.588. The van der Waals surface area contributed by atoms with E-state index in [9.17, 15) is 14.4 Å². The van der Waals surface area contributed by atoms with Crippen LogP contribution in [-0.4, -0.2) is 42.8 Å². The first kappa shape index (κ1) is 26.0. The van der Waals surface area contributed by atoms with Crippen LogP contribution in [0.5, 0.6) is 0 Å². The van der Waals surface area contributed by atoms with Crippen LogP contribution in [0.15, 0.2) is 0 Å². The smallest absolute Gasteiger partial charge is 0.444 e. The van der Waals surface area contributed by atoms with Gasteiger partial charge in [-0.3, -0.25) is 4.79 Å². The summed E-state index contributed by atoms with van der Waals surface area (Å²) >= 11 is 0. The van der Waals surface area contributed by atoms with E-state index in [1.165, 1.54) is 6.92 Å². The van der Waals surface area contributed by atoms with Crippen molar-refractivity contribution in [2.75, 3.05) is 6.54 Å². The lowest BCUT2D eigenvalue weighted by Crippen LogP contribution is -2.36. The Morgan fingerprint density at radius 2 is 1.63 bits per heavy atom. The molecule has 0 aromatic rings. The highest BCUT2D eigenvalue weighted by molar-refractivity contribution is 5.70. The predicted octanol–water partition coefficient (Wildman–Crippen LogP) is 4.94. The molecular formula is C22H39NO7. The van der Waals surface area contributed by atoms with Gasteiger partial charge in [-0.25, -0.2) is 9.59 Å². The highest BCUT2D eigenvalue weighted by Crippen LogP contribution is 2.21. The molecule has 1 fully saturated rings. The van der Waals surface area contributed by atoms with Crippen molar-refractivity contribution < 1.29 is 33.3 Å². The van der Waals surface area contributed by atoms with Crippen molar-refractivity contribution in [2.45, 2.75) is 104 Å². The number of amides is 1. The molecule has 8 nitrogen and oxygen atoms in total. The standard InChI is InChI=1S/C22H39NO7/c1-15(2)12-17(14-23-20(25)30-22(4,5)6)13-19(24)27-16(3)28-21(26)29-18-10-8-7-9-11-18/h15-18H,7-14H2,1-6H3,(H,23,25). The van der Waals surface area contributed by atoms with Crippen molar-refractivity contribution in [3.63, 3.8) is 0 Å². The minimum atomic E-state index is -1.04. The third kappa shape index (κ3) is 12.5. The fourth-order valence-corrected chi connectivity index (χ4v) is 3.42. The summed E-state index contributed by atoms with van der Waals surface area (Å²) in [5, 5.41) is 2.71. The lowest BCUT2D eigenvalue weighted by atomic mass is 9.94. The molecule has 0 aliphatic heterocycles. The van der Waals surface area contributed by atoms with Crippen LogP contribution < -0.4 is 5.32 Å². The monoisotopic (exact) mass is 429 g/mol. The van der Waals surface area contributed by atoms with E-state index < -0.39 is 30.1 Å². The molecule has 174 valence electrons. The molecular weight excluding hydrogens is 390 g/mol. The van der Waals surface area contributed by atoms with Crippen LogP contribution in [-0.2, 0) is 23.7 Å². The van der Waals surface area contributed by atoms with Gasteiger partial charge in [0.15, 0.2) is 0 Å². The summed E-state index contributed by atoms with van der Waals surface area (Å²) in [7, 11) is 0. The number of alkyl carbamates (subject to hydrolysis) is 1. The van der Waals surface area contributed by atoms with Crippen LogP contribution in [0.2, 0.25) is 0 Å². The fourth-order valence-electron chi connectivity index (χ4n) is 3.42. The van der Waals surface area contributed by atoms with Gasteiger partial charge >= 0.3 is 18.2 Å². The predicted molar refractivity (Wildman–Crippen MR) is 112 cm³/mol. The maximum absolute atomic E-state index is 12.3. The van der Waals surface area contributed by atoms with E-state index in [4.69, 9.17) is 18.9 Å². The maximum Gasteiger partial charge on any atom is 0.511 e. The van der Waals surface area contributed by atoms with Gasteiger partial charge < -0.3 is 24.3 Å². The third-order valence-corrected chi connectivity index (χ3v) is 4.57. The first-order valence-electron chi connectivity index (χ1n) is 11.0. The number of esters is 1. The Kier molecular flexibility index (Phi) is 11.0. The molecule has 0 aromatic heterocycles. The molecule has 0 bridgehead atoms. The van der Waals surface area contributed by atoms with Crippen LogP contribution >= 0.6 is 0 Å². The average Bonchev–Trinajstić information content (AvgIpc) is 2.58. The van der Waals surface area contributed by atoms with Gasteiger partial charge in [0.25, 0.3) is 0 Å². The Bertz CT molecular complexity index is 550. The molecule has 1 amide bonds. The summed E-state index contributed by atoms with van der Waals surface area (Å²) in [4.78, 5) is 36.0. The SMILES string of the molecule is CC(C)CC(CNC(=O)OC(C)(C)C)CC(=O)OC(C)OC(=O)OC1CCCCC1. The molecule has 1 rings (SSSR count). The Labute approximate surface area is 180 Å². The Morgan fingerprint density at radius 3 is 2.20 bits per heavy atom. The number of carbonyl (C=O) groups excluding carboxylic acids is 3. The van der Waals surface area contributed by atoms with Crippen molar-refractivity contribution in [3.05, 3.63) is 0 Å². The summed E-state index contributed by atoms with van der Waals surface area (Å²) in [6.07, 6.45) is 3.24. The molecule has 2 unspecified atom stereocenters. The van der Waals surface area contributed by atoms with E-state index >= 15 is 0 Å². The molecule has 2 atom stereocenters. The topological polar surface area (TPSA) is 100 Å². The number of hydrogen-bond donors (Lipinski definition) is 1. The van der Waals surface area contributed by atoms with Crippen molar-refractivity contribution in [1.82, 2.24) is 5.32 Å². The Balaban J connectivity index is 2.41. The summed E-state index contributed by atoms with van der Waals surface area (Å²) in [5.74, 6) is -0.279. The summed E-state index contributed by atoms with van der Waals surface area (Å²) in [6.45, 7) is 11.2. The summed E-state index contributed by atoms with van der Waals surface area (Å²) < 4.78 is 20.7. The van der Waals surface area contributed by atoms with Gasteiger partial charge in [-0.2, -0.15) is 0 Å². The van der Waals surface area contributed by atoms with Gasteiger partial charge in [-0.15, -0.1) is 0 Å². The number of rotatable bonds is 9. The maximum atomic E-state index is 12.3. The molecule has 1 aliphatic rings. The molecule has 1 N–H and O–H groups in total. The van der Waals surface area contributed by atoms with Gasteiger partial charge in [-0.1, -0.05) is 20.3 Å². The van der Waals surface area contributed by atoms with Crippen LogP contribution in [0.4, 0.5) is 9.59 Å². The lowest BCUT2D eigenvalue weighted by molar-refractivity contribution is -0.170. The van der Waals surface area contributed by atoms with Gasteiger partial charge in [0, 0.05) is 13.5 Å². The second-order valence-electron chi connectivity index (χ2n) is 9.39. The highest BCUT2D eigenvalue weighted by atomic mass is 16.8. The van der Waals surface area contributed by atoms with Crippen LogP contribution in [0.3, 0.4) is 0 Å². The second-order valence-corrected chi connectivity index (χ2v) is 9.39. The quantitative estimate of drug-likeness (QED) is 0.315. The molecule has 1 aliphatic carbocycles. The van der Waals surface area contributed by atoms with Crippen molar-refractivity contribution in [2.24, 2.45) is 11.8 Å². The number of hydrogen-bond acceptors (Lipinski definition) is 7. The van der Waals surface area contributed by atoms with Crippen molar-refractivity contribution in [1.29, 1.82) is 0 Å². The highest BCUT2D eigenvalue weighted by Gasteiger charge is 2.24. The van der Waals surface area contributed by atoms with E-state index in [-0.39, 0.29) is 18.4 Å². The van der Waals surface area contributed by atoms with Crippen LogP contribution in [0.25, 0.3) is 0 Å². The zero-order chi connectivity index (χ0) is 22.7. The first-order valence-corrected chi connectivity index (χ1v) is 11.0. The minimum absolute atomic E-state index is 0.0966. The van der Waals surface area contributed by atoms with E-state index in [1.807, 2.05) is 13.8 Å². The zero-order valence-corrected chi connectivity index (χ0v) is 19.3. The normalized spacial score (nSPS) is 17.0. The van der Waals surface area contributed by atoms with Crippen molar-refractivity contribution >= 4 is 18.2 Å². The number of ether oxygens (including phenoxy) is 4. The molecule has 0 spiro atoms. The molecule has 0 aromatic carbocycles. The molecule has 0 heterocycles. The van der Waals surface area contributed by atoms with E-state index in [0.29, 0.717) is 12.5 Å². The van der Waals surface area contributed by atoms with Gasteiger partial charge in [0.2, 0.25) is 6.29 Å². The summed E-state index contributed by atoms with van der Waals surface area (Å²) in [6, 6.07) is 0. The molecule has 0 radical (unpaired) electrons.